The number of aliphatic hydroxyl groups is 7. The van der Waals surface area contributed by atoms with E-state index in [1.54, 1.807) is 0 Å². The van der Waals surface area contributed by atoms with Crippen molar-refractivity contribution in [1.82, 2.24) is 0 Å². The Kier molecular flexibility index (Phi) is 11.0. The normalized spacial score (nSPS) is 52.9. The molecule has 9 N–H and O–H groups in total. The van der Waals surface area contributed by atoms with E-state index in [9.17, 15) is 55.5 Å². The Morgan fingerprint density at radius 2 is 1.40 bits per heavy atom. The molecule has 0 aromatic heterocycles. The molecule has 19 atom stereocenters. The molecule has 5 aliphatic carbocycles. The van der Waals surface area contributed by atoms with E-state index in [1.165, 1.54) is 5.57 Å². The highest BCUT2D eigenvalue weighted by molar-refractivity contribution is 5.76. The number of ether oxygens (including phenoxy) is 4. The summed E-state index contributed by atoms with van der Waals surface area (Å²) >= 11 is 0. The molecule has 6 fully saturated rings. The first-order chi connectivity index (χ1) is 26.4. The standard InChI is InChI=1S/C42H66O15/c1-37(2)12-14-42(36(52)53)15-13-40(6)19(20(42)16-37)8-9-24-39(5)17-21(44)32(38(3,4)23(39)10-11-41(24,40)7)57-35-29(49)30(28(48)31(56-35)33(50)51)55-34-27(47)26(46)25(45)22(18-43)54-34/h8,20-32,34-35,43-49H,9-18H2,1-7H3,(H,50,51)(H,52,53)/t20-,21-,22+,23-,24+,25-,26-,27+,28-,29+,30-,31-,32-,34-,35-,39-,40+,41+,42-/m0/s1. The van der Waals surface area contributed by atoms with Gasteiger partial charge < -0.3 is 64.9 Å². The van der Waals surface area contributed by atoms with Crippen LogP contribution in [0.5, 0.6) is 0 Å². The molecule has 0 unspecified atom stereocenters. The first kappa shape index (κ1) is 43.3. The number of aliphatic hydroxyl groups excluding tert-OH is 7. The molecule has 15 heteroatoms. The third kappa shape index (κ3) is 6.39. The van der Waals surface area contributed by atoms with Gasteiger partial charge in [-0.05, 0) is 103 Å². The summed E-state index contributed by atoms with van der Waals surface area (Å²) < 4.78 is 23.2. The van der Waals surface area contributed by atoms with Gasteiger partial charge in [-0.25, -0.2) is 4.79 Å². The molecule has 0 bridgehead atoms. The van der Waals surface area contributed by atoms with Crippen LogP contribution in [0, 0.1) is 50.2 Å². The van der Waals surface area contributed by atoms with Crippen molar-refractivity contribution in [3.63, 3.8) is 0 Å². The first-order valence-electron chi connectivity index (χ1n) is 20.9. The van der Waals surface area contributed by atoms with Gasteiger partial charge in [0.1, 0.15) is 42.7 Å². The van der Waals surface area contributed by atoms with Gasteiger partial charge in [-0.3, -0.25) is 4.79 Å². The van der Waals surface area contributed by atoms with Crippen molar-refractivity contribution in [2.24, 2.45) is 50.2 Å². The molecule has 0 aromatic rings. The molecule has 57 heavy (non-hydrogen) atoms. The Morgan fingerprint density at radius 1 is 0.754 bits per heavy atom. The largest absolute Gasteiger partial charge is 0.481 e. The Labute approximate surface area is 334 Å². The van der Waals surface area contributed by atoms with Gasteiger partial charge in [-0.2, -0.15) is 0 Å². The van der Waals surface area contributed by atoms with Gasteiger partial charge in [0.2, 0.25) is 0 Å². The lowest BCUT2D eigenvalue weighted by Crippen LogP contribution is -2.69. The summed E-state index contributed by atoms with van der Waals surface area (Å²) in [7, 11) is 0. The summed E-state index contributed by atoms with van der Waals surface area (Å²) in [5.41, 5.74) is -0.940. The maximum absolute atomic E-state index is 13.1. The average Bonchev–Trinajstić information content (AvgIpc) is 3.12. The number of carboxylic acid groups (broad SMARTS) is 2. The summed E-state index contributed by atoms with van der Waals surface area (Å²) in [6.07, 6.45) is -11.0. The molecule has 0 radical (unpaired) electrons. The van der Waals surface area contributed by atoms with Crippen LogP contribution in [0.3, 0.4) is 0 Å². The van der Waals surface area contributed by atoms with Crippen LogP contribution >= 0.6 is 0 Å². The van der Waals surface area contributed by atoms with Crippen LogP contribution < -0.4 is 0 Å². The molecule has 4 saturated carbocycles. The van der Waals surface area contributed by atoms with Crippen LogP contribution in [0.25, 0.3) is 0 Å². The first-order valence-corrected chi connectivity index (χ1v) is 20.9. The SMILES string of the molecule is CC1(C)CC[C@]2(C(=O)O)CC[C@]3(C)C(=CC[C@@H]4[C@@]5(C)C[C@H](O)[C@H](O[C@@H]6O[C@H](C(=O)O)[C@@H](O)[C@H](O[C@@H]7O[C@H](CO)[C@H](O)[C@H](O)[C@H]7O)[C@H]6O)C(C)(C)[C@@H]5CC[C@]43C)[C@@H]2C1. The number of aliphatic carboxylic acids is 2. The molecule has 2 saturated heterocycles. The highest BCUT2D eigenvalue weighted by Gasteiger charge is 2.70. The van der Waals surface area contributed by atoms with E-state index in [0.717, 1.165) is 38.5 Å². The molecule has 7 rings (SSSR count). The van der Waals surface area contributed by atoms with E-state index in [4.69, 9.17) is 18.9 Å². The zero-order chi connectivity index (χ0) is 42.0. The Morgan fingerprint density at radius 3 is 2.04 bits per heavy atom. The minimum Gasteiger partial charge on any atom is -0.481 e. The van der Waals surface area contributed by atoms with Crippen molar-refractivity contribution in [1.29, 1.82) is 0 Å². The van der Waals surface area contributed by atoms with Gasteiger partial charge in [0.05, 0.1) is 24.2 Å². The zero-order valence-electron chi connectivity index (χ0n) is 34.3. The molecule has 324 valence electrons. The lowest BCUT2D eigenvalue weighted by atomic mass is 9.33. The quantitative estimate of drug-likeness (QED) is 0.132. The minimum absolute atomic E-state index is 0.00750. The van der Waals surface area contributed by atoms with Gasteiger partial charge in [-0.1, -0.05) is 60.1 Å². The second kappa shape index (κ2) is 14.4. The van der Waals surface area contributed by atoms with E-state index < -0.39 is 103 Å². The van der Waals surface area contributed by atoms with E-state index in [1.807, 2.05) is 13.8 Å². The van der Waals surface area contributed by atoms with Crippen LogP contribution in [0.15, 0.2) is 11.6 Å². The number of carboxylic acids is 2. The van der Waals surface area contributed by atoms with Crippen molar-refractivity contribution in [2.75, 3.05) is 6.61 Å². The van der Waals surface area contributed by atoms with Crippen molar-refractivity contribution < 1.29 is 74.5 Å². The Balaban J connectivity index is 1.15. The number of allylic oxidation sites excluding steroid dienone is 2. The fraction of sp³-hybridized carbons (Fsp3) is 0.905. The zero-order valence-corrected chi connectivity index (χ0v) is 34.3. The monoisotopic (exact) mass is 810 g/mol. The predicted molar refractivity (Wildman–Crippen MR) is 200 cm³/mol. The van der Waals surface area contributed by atoms with E-state index in [2.05, 4.69) is 40.7 Å². The number of hydrogen-bond donors (Lipinski definition) is 9. The summed E-state index contributed by atoms with van der Waals surface area (Å²) in [6, 6.07) is 0. The fourth-order valence-electron chi connectivity index (χ4n) is 13.8. The molecular weight excluding hydrogens is 744 g/mol. The van der Waals surface area contributed by atoms with Gasteiger partial charge in [0.25, 0.3) is 0 Å². The molecule has 0 aromatic carbocycles. The number of carbonyl (C=O) groups is 2. The maximum Gasteiger partial charge on any atom is 0.335 e. The van der Waals surface area contributed by atoms with Crippen molar-refractivity contribution >= 4 is 11.9 Å². The van der Waals surface area contributed by atoms with Crippen LogP contribution in [-0.4, -0.2) is 138 Å². The molecule has 15 nitrogen and oxygen atoms in total. The molecular formula is C42H66O15. The predicted octanol–water partition coefficient (Wildman–Crippen LogP) is 1.95. The number of fused-ring (bicyclic) bond motifs is 7. The summed E-state index contributed by atoms with van der Waals surface area (Å²) in [4.78, 5) is 25.4. The smallest absolute Gasteiger partial charge is 0.335 e. The van der Waals surface area contributed by atoms with Crippen molar-refractivity contribution in [2.45, 2.75) is 180 Å². The average molecular weight is 811 g/mol. The highest BCUT2D eigenvalue weighted by atomic mass is 16.7. The third-order valence-electron chi connectivity index (χ3n) is 17.2. The second-order valence-electron chi connectivity index (χ2n) is 20.9. The topological polar surface area (TPSA) is 253 Å². The van der Waals surface area contributed by atoms with E-state index in [-0.39, 0.29) is 39.4 Å². The van der Waals surface area contributed by atoms with Gasteiger partial charge in [-0.15, -0.1) is 0 Å². The second-order valence-corrected chi connectivity index (χ2v) is 20.9. The number of hydrogen-bond acceptors (Lipinski definition) is 13. The van der Waals surface area contributed by atoms with Crippen LogP contribution in [0.4, 0.5) is 0 Å². The number of rotatable bonds is 7. The molecule has 0 amide bonds. The molecule has 2 heterocycles. The van der Waals surface area contributed by atoms with Gasteiger partial charge in [0, 0.05) is 0 Å². The lowest BCUT2D eigenvalue weighted by molar-refractivity contribution is -0.369. The minimum atomic E-state index is -2.00. The van der Waals surface area contributed by atoms with Crippen LogP contribution in [-0.2, 0) is 28.5 Å². The third-order valence-corrected chi connectivity index (χ3v) is 17.2. The Bertz CT molecular complexity index is 1600. The van der Waals surface area contributed by atoms with Crippen LogP contribution in [0.2, 0.25) is 0 Å². The van der Waals surface area contributed by atoms with Crippen molar-refractivity contribution in [3.8, 4) is 0 Å². The molecule has 2 aliphatic heterocycles. The fourth-order valence-corrected chi connectivity index (χ4v) is 13.8. The van der Waals surface area contributed by atoms with Gasteiger partial charge >= 0.3 is 11.9 Å². The van der Waals surface area contributed by atoms with Crippen molar-refractivity contribution in [3.05, 3.63) is 11.6 Å². The lowest BCUT2D eigenvalue weighted by Gasteiger charge is -2.71. The van der Waals surface area contributed by atoms with Gasteiger partial charge in [0.15, 0.2) is 18.7 Å². The van der Waals surface area contributed by atoms with Crippen LogP contribution in [0.1, 0.15) is 106 Å². The summed E-state index contributed by atoms with van der Waals surface area (Å²) in [6.45, 7) is 14.7. The summed E-state index contributed by atoms with van der Waals surface area (Å²) in [5, 5.41) is 96.2. The molecule has 0 spiro atoms. The van der Waals surface area contributed by atoms with E-state index >= 15 is 0 Å². The molecule has 7 aliphatic rings. The Hall–Kier alpha value is -1.76. The highest BCUT2D eigenvalue weighted by Crippen LogP contribution is 2.76. The summed E-state index contributed by atoms with van der Waals surface area (Å²) in [5.74, 6) is -2.14. The maximum atomic E-state index is 13.1. The van der Waals surface area contributed by atoms with E-state index in [0.29, 0.717) is 19.3 Å².